The van der Waals surface area contributed by atoms with Crippen molar-refractivity contribution < 1.29 is 9.66 Å². The van der Waals surface area contributed by atoms with E-state index in [1.54, 1.807) is 17.0 Å². The minimum atomic E-state index is -1.22. The quantitative estimate of drug-likeness (QED) is 0.766. The Bertz CT molecular complexity index is 530. The summed E-state index contributed by atoms with van der Waals surface area (Å²) in [5, 5.41) is 9.30. The van der Waals surface area contributed by atoms with Crippen molar-refractivity contribution in [1.82, 2.24) is 9.55 Å². The number of benzene rings is 1. The van der Waals surface area contributed by atoms with Gasteiger partial charge in [0.2, 0.25) is 0 Å². The highest BCUT2D eigenvalue weighted by atomic mass is 32.2. The fourth-order valence-electron chi connectivity index (χ4n) is 1.85. The molecule has 0 spiro atoms. The first-order valence-electron chi connectivity index (χ1n) is 6.09. The van der Waals surface area contributed by atoms with Crippen LogP contribution in [0.15, 0.2) is 41.8 Å². The van der Waals surface area contributed by atoms with Crippen molar-refractivity contribution >= 4 is 11.2 Å². The lowest BCUT2D eigenvalue weighted by Gasteiger charge is -2.13. The van der Waals surface area contributed by atoms with Gasteiger partial charge in [0, 0.05) is 36.9 Å². The van der Waals surface area contributed by atoms with E-state index in [-0.39, 0.29) is 6.61 Å². The van der Waals surface area contributed by atoms with Gasteiger partial charge in [-0.2, -0.15) is 4.98 Å². The lowest BCUT2D eigenvalue weighted by Crippen LogP contribution is -2.15. The summed E-state index contributed by atoms with van der Waals surface area (Å²) in [5.74, 6) is 0.401. The van der Waals surface area contributed by atoms with Gasteiger partial charge in [0.05, 0.1) is 11.9 Å². The smallest absolute Gasteiger partial charge is 0.327 e. The molecule has 3 N–H and O–H groups in total. The number of nitrogens with zero attached hydrogens (tertiary/aromatic N) is 2. The normalized spacial score (nSPS) is 12.6. The number of aliphatic hydroxyl groups is 1. The van der Waals surface area contributed by atoms with Gasteiger partial charge in [-0.25, -0.2) is 0 Å². The van der Waals surface area contributed by atoms with Gasteiger partial charge < -0.3 is 15.4 Å². The molecular weight excluding hydrogens is 262 g/mol. The topological polar surface area (TPSA) is 87.1 Å². The maximum atomic E-state index is 12.1. The van der Waals surface area contributed by atoms with Crippen molar-refractivity contribution in [3.63, 3.8) is 0 Å². The monoisotopic (exact) mass is 279 g/mol. The van der Waals surface area contributed by atoms with Gasteiger partial charge in [-0.1, -0.05) is 18.2 Å². The van der Waals surface area contributed by atoms with Crippen LogP contribution in [0.1, 0.15) is 12.0 Å². The molecule has 102 valence electrons. The molecule has 0 amide bonds. The van der Waals surface area contributed by atoms with E-state index < -0.39 is 11.2 Å². The van der Waals surface area contributed by atoms with Crippen molar-refractivity contribution in [1.29, 1.82) is 0 Å². The van der Waals surface area contributed by atoms with Crippen molar-refractivity contribution in [2.24, 2.45) is 5.73 Å². The van der Waals surface area contributed by atoms with Crippen LogP contribution in [0.25, 0.3) is 5.69 Å². The van der Waals surface area contributed by atoms with E-state index in [1.807, 2.05) is 24.3 Å². The fraction of sp³-hybridized carbons (Fsp3) is 0.308. The Kier molecular flexibility index (Phi) is 4.98. The molecule has 0 saturated heterocycles. The Morgan fingerprint density at radius 1 is 1.37 bits per heavy atom. The molecule has 0 bridgehead atoms. The van der Waals surface area contributed by atoms with Gasteiger partial charge in [-0.15, -0.1) is 0 Å². The van der Waals surface area contributed by atoms with Crippen LogP contribution in [0.3, 0.4) is 0 Å². The van der Waals surface area contributed by atoms with Gasteiger partial charge in [-0.3, -0.25) is 4.57 Å². The zero-order chi connectivity index (χ0) is 13.7. The third-order valence-corrected chi connectivity index (χ3v) is 4.14. The van der Waals surface area contributed by atoms with Crippen LogP contribution in [-0.2, 0) is 17.7 Å². The van der Waals surface area contributed by atoms with E-state index in [0.717, 1.165) is 11.3 Å². The first kappa shape index (κ1) is 14.1. The lowest BCUT2D eigenvalue weighted by molar-refractivity contribution is 0.295. The molecule has 6 heteroatoms. The summed E-state index contributed by atoms with van der Waals surface area (Å²) < 4.78 is 13.9. The van der Waals surface area contributed by atoms with Crippen molar-refractivity contribution in [3.05, 3.63) is 42.2 Å². The molecule has 0 fully saturated rings. The second-order valence-electron chi connectivity index (χ2n) is 4.04. The molecule has 0 aliphatic heterocycles. The zero-order valence-corrected chi connectivity index (χ0v) is 11.3. The highest BCUT2D eigenvalue weighted by molar-refractivity contribution is 7.91. The van der Waals surface area contributed by atoms with Gasteiger partial charge in [0.25, 0.3) is 0 Å². The van der Waals surface area contributed by atoms with E-state index in [0.29, 0.717) is 23.9 Å². The Balaban J connectivity index is 2.33. The molecule has 2 rings (SSSR count). The van der Waals surface area contributed by atoms with Crippen molar-refractivity contribution in [2.75, 3.05) is 12.4 Å². The van der Waals surface area contributed by atoms with E-state index in [9.17, 15) is 4.55 Å². The zero-order valence-electron chi connectivity index (χ0n) is 10.5. The molecule has 19 heavy (non-hydrogen) atoms. The summed E-state index contributed by atoms with van der Waals surface area (Å²) in [5.41, 5.74) is 7.59. The highest BCUT2D eigenvalue weighted by Gasteiger charge is 2.19. The highest BCUT2D eigenvalue weighted by Crippen LogP contribution is 2.19. The minimum Gasteiger partial charge on any atom is -0.609 e. The average molecular weight is 279 g/mol. The lowest BCUT2D eigenvalue weighted by atomic mass is 10.2. The van der Waals surface area contributed by atoms with Gasteiger partial charge in [0.15, 0.2) is 0 Å². The SMILES string of the molecule is NCc1ccccc1-n1ccnc1[S+]([O-])CCCO. The molecule has 1 heterocycles. The molecule has 1 aromatic heterocycles. The molecule has 0 aliphatic carbocycles. The summed E-state index contributed by atoms with van der Waals surface area (Å²) in [6, 6.07) is 7.70. The number of imidazole rings is 1. The molecule has 0 saturated carbocycles. The van der Waals surface area contributed by atoms with Crippen LogP contribution in [0.2, 0.25) is 0 Å². The van der Waals surface area contributed by atoms with Crippen LogP contribution in [0.4, 0.5) is 0 Å². The Morgan fingerprint density at radius 2 is 2.16 bits per heavy atom. The summed E-state index contributed by atoms with van der Waals surface area (Å²) in [4.78, 5) is 4.16. The molecular formula is C13H17N3O2S. The number of hydrogen-bond acceptors (Lipinski definition) is 4. The van der Waals surface area contributed by atoms with Crippen LogP contribution in [0.5, 0.6) is 0 Å². The number of aromatic nitrogens is 2. The van der Waals surface area contributed by atoms with Crippen LogP contribution >= 0.6 is 0 Å². The molecule has 1 aromatic carbocycles. The number of rotatable bonds is 6. The van der Waals surface area contributed by atoms with E-state index in [4.69, 9.17) is 10.8 Å². The summed E-state index contributed by atoms with van der Waals surface area (Å²) in [6.45, 7) is 0.447. The first-order chi connectivity index (χ1) is 9.27. The molecule has 1 unspecified atom stereocenters. The van der Waals surface area contributed by atoms with E-state index in [2.05, 4.69) is 4.98 Å². The van der Waals surface area contributed by atoms with Gasteiger partial charge >= 0.3 is 5.16 Å². The Labute approximate surface area is 115 Å². The molecule has 0 radical (unpaired) electrons. The number of para-hydroxylation sites is 1. The third-order valence-electron chi connectivity index (χ3n) is 2.77. The summed E-state index contributed by atoms with van der Waals surface area (Å²) in [6.07, 6.45) is 3.90. The van der Waals surface area contributed by atoms with Gasteiger partial charge in [0.1, 0.15) is 5.75 Å². The Morgan fingerprint density at radius 3 is 2.89 bits per heavy atom. The second-order valence-corrected chi connectivity index (χ2v) is 5.50. The fourth-order valence-corrected chi connectivity index (χ4v) is 2.98. The second kappa shape index (κ2) is 6.72. The number of nitrogens with two attached hydrogens (primary N) is 1. The maximum absolute atomic E-state index is 12.1. The summed E-state index contributed by atoms with van der Waals surface area (Å²) in [7, 11) is 0. The first-order valence-corrected chi connectivity index (χ1v) is 7.40. The maximum Gasteiger partial charge on any atom is 0.327 e. The van der Waals surface area contributed by atoms with Crippen LogP contribution in [-0.4, -0.2) is 31.6 Å². The van der Waals surface area contributed by atoms with Gasteiger partial charge in [-0.05, 0) is 11.6 Å². The predicted molar refractivity (Wildman–Crippen MR) is 74.4 cm³/mol. The van der Waals surface area contributed by atoms with Crippen LogP contribution in [0, 0.1) is 0 Å². The number of aliphatic hydroxyl groups excluding tert-OH is 1. The number of hydrogen-bond donors (Lipinski definition) is 2. The standard InChI is InChI=1S/C13H17N3O2S/c14-10-11-4-1-2-5-12(11)16-7-6-15-13(16)19(18)9-3-8-17/h1-2,4-7,17H,3,8-10,14H2. The predicted octanol–water partition coefficient (Wildman–Crippen LogP) is 0.821. The summed E-state index contributed by atoms with van der Waals surface area (Å²) >= 11 is -1.22. The van der Waals surface area contributed by atoms with Crippen molar-refractivity contribution in [3.8, 4) is 5.69 Å². The molecule has 0 aliphatic rings. The minimum absolute atomic E-state index is 0.0336. The largest absolute Gasteiger partial charge is 0.609 e. The van der Waals surface area contributed by atoms with E-state index >= 15 is 0 Å². The van der Waals surface area contributed by atoms with E-state index in [1.165, 1.54) is 0 Å². The third kappa shape index (κ3) is 3.16. The molecule has 5 nitrogen and oxygen atoms in total. The van der Waals surface area contributed by atoms with Crippen molar-refractivity contribution in [2.45, 2.75) is 18.1 Å². The Hall–Kier alpha value is -1.34. The molecule has 2 aromatic rings. The molecule has 1 atom stereocenters. The average Bonchev–Trinajstić information content (AvgIpc) is 2.94. The van der Waals surface area contributed by atoms with Crippen LogP contribution < -0.4 is 5.73 Å².